The second-order valence-corrected chi connectivity index (χ2v) is 4.26. The summed E-state index contributed by atoms with van der Waals surface area (Å²) < 4.78 is 25.7. The van der Waals surface area contributed by atoms with Crippen LogP contribution in [0.15, 0.2) is 0 Å². The molecule has 0 aromatic rings. The van der Waals surface area contributed by atoms with E-state index in [2.05, 4.69) is 0 Å². The summed E-state index contributed by atoms with van der Waals surface area (Å²) in [5.74, 6) is -2.48. The highest BCUT2D eigenvalue weighted by Crippen LogP contribution is 2.57. The van der Waals surface area contributed by atoms with Crippen LogP contribution in [0.25, 0.3) is 0 Å². The third-order valence-corrected chi connectivity index (χ3v) is 3.40. The Morgan fingerprint density at radius 2 is 1.58 bits per heavy atom. The predicted octanol–water partition coefficient (Wildman–Crippen LogP) is 2.30. The molecule has 1 nitrogen and oxygen atoms in total. The van der Waals surface area contributed by atoms with E-state index in [-0.39, 0.29) is 12.3 Å². The van der Waals surface area contributed by atoms with Gasteiger partial charge in [-0.05, 0) is 18.8 Å². The summed E-state index contributed by atoms with van der Waals surface area (Å²) in [4.78, 5) is 0. The Bertz CT molecular complexity index is 187. The number of halogens is 2. The first kappa shape index (κ1) is 8.42. The zero-order chi connectivity index (χ0) is 8.82. The van der Waals surface area contributed by atoms with Gasteiger partial charge in [0.25, 0.3) is 5.92 Å². The van der Waals surface area contributed by atoms with Gasteiger partial charge in [-0.2, -0.15) is 0 Å². The lowest BCUT2D eigenvalue weighted by Gasteiger charge is -2.27. The summed E-state index contributed by atoms with van der Waals surface area (Å²) in [6, 6.07) is 0. The lowest BCUT2D eigenvalue weighted by molar-refractivity contribution is 0.0648. The van der Waals surface area contributed by atoms with Crippen molar-refractivity contribution < 1.29 is 8.78 Å². The Morgan fingerprint density at radius 1 is 1.08 bits per heavy atom. The van der Waals surface area contributed by atoms with E-state index in [4.69, 9.17) is 5.73 Å². The Balaban J connectivity index is 2.00. The highest BCUT2D eigenvalue weighted by molar-refractivity contribution is 5.19. The molecule has 0 aromatic heterocycles. The van der Waals surface area contributed by atoms with Gasteiger partial charge in [-0.15, -0.1) is 0 Å². The van der Waals surface area contributed by atoms with Gasteiger partial charge in [0.15, 0.2) is 0 Å². The largest absolute Gasteiger partial charge is 0.320 e. The van der Waals surface area contributed by atoms with Crippen LogP contribution >= 0.6 is 0 Å². The maximum atomic E-state index is 12.8. The molecule has 1 unspecified atom stereocenters. The average molecular weight is 175 g/mol. The van der Waals surface area contributed by atoms with Crippen LogP contribution in [0.1, 0.15) is 38.5 Å². The molecule has 3 heteroatoms. The summed E-state index contributed by atoms with van der Waals surface area (Å²) in [5.41, 5.74) is 4.53. The Hall–Kier alpha value is -0.180. The van der Waals surface area contributed by atoms with Crippen LogP contribution in [0.4, 0.5) is 8.78 Å². The number of rotatable bonds is 1. The van der Waals surface area contributed by atoms with Crippen molar-refractivity contribution in [3.63, 3.8) is 0 Å². The van der Waals surface area contributed by atoms with Crippen LogP contribution in [-0.4, -0.2) is 11.5 Å². The predicted molar refractivity (Wildman–Crippen MR) is 43.1 cm³/mol. The minimum Gasteiger partial charge on any atom is -0.320 e. The lowest BCUT2D eigenvalue weighted by Crippen LogP contribution is -2.39. The smallest absolute Gasteiger partial charge is 0.268 e. The van der Waals surface area contributed by atoms with Crippen molar-refractivity contribution in [3.05, 3.63) is 0 Å². The number of nitrogens with two attached hydrogens (primary N) is 1. The van der Waals surface area contributed by atoms with Crippen molar-refractivity contribution in [2.24, 2.45) is 11.7 Å². The molecule has 70 valence electrons. The molecular weight excluding hydrogens is 160 g/mol. The molecule has 0 bridgehead atoms. The topological polar surface area (TPSA) is 26.0 Å². The molecule has 2 saturated carbocycles. The van der Waals surface area contributed by atoms with Crippen molar-refractivity contribution in [2.75, 3.05) is 0 Å². The standard InChI is InChI=1S/C9H15F2N/c10-9(11)6-8(9,12)7-4-2-1-3-5-7/h7H,1-6,12H2. The van der Waals surface area contributed by atoms with Gasteiger partial charge < -0.3 is 5.73 Å². The summed E-state index contributed by atoms with van der Waals surface area (Å²) >= 11 is 0. The number of hydrogen-bond acceptors (Lipinski definition) is 1. The molecule has 2 fully saturated rings. The molecule has 0 saturated heterocycles. The highest BCUT2D eigenvalue weighted by atomic mass is 19.3. The van der Waals surface area contributed by atoms with E-state index in [0.717, 1.165) is 25.7 Å². The van der Waals surface area contributed by atoms with E-state index >= 15 is 0 Å². The molecule has 0 heterocycles. The van der Waals surface area contributed by atoms with Crippen molar-refractivity contribution >= 4 is 0 Å². The lowest BCUT2D eigenvalue weighted by atomic mass is 9.82. The zero-order valence-electron chi connectivity index (χ0n) is 7.15. The Kier molecular flexibility index (Phi) is 1.69. The summed E-state index contributed by atoms with van der Waals surface area (Å²) in [5, 5.41) is 0. The molecule has 2 aliphatic carbocycles. The molecular formula is C9H15F2N. The minimum atomic E-state index is -2.56. The van der Waals surface area contributed by atoms with Gasteiger partial charge in [0, 0.05) is 6.42 Å². The molecule has 12 heavy (non-hydrogen) atoms. The fourth-order valence-corrected chi connectivity index (χ4v) is 2.38. The van der Waals surface area contributed by atoms with E-state index in [9.17, 15) is 8.78 Å². The monoisotopic (exact) mass is 175 g/mol. The van der Waals surface area contributed by atoms with Crippen LogP contribution in [0.3, 0.4) is 0 Å². The van der Waals surface area contributed by atoms with Gasteiger partial charge in [-0.3, -0.25) is 0 Å². The van der Waals surface area contributed by atoms with Gasteiger partial charge in [0.2, 0.25) is 0 Å². The Morgan fingerprint density at radius 3 is 2.00 bits per heavy atom. The quantitative estimate of drug-likeness (QED) is 0.650. The van der Waals surface area contributed by atoms with Crippen LogP contribution < -0.4 is 5.73 Å². The van der Waals surface area contributed by atoms with Gasteiger partial charge in [-0.25, -0.2) is 8.78 Å². The van der Waals surface area contributed by atoms with E-state index in [0.29, 0.717) is 0 Å². The van der Waals surface area contributed by atoms with E-state index in [1.54, 1.807) is 0 Å². The molecule has 0 spiro atoms. The van der Waals surface area contributed by atoms with Crippen LogP contribution in [0.2, 0.25) is 0 Å². The van der Waals surface area contributed by atoms with Crippen molar-refractivity contribution in [1.82, 2.24) is 0 Å². The first-order chi connectivity index (χ1) is 5.56. The van der Waals surface area contributed by atoms with Crippen molar-refractivity contribution in [1.29, 1.82) is 0 Å². The van der Waals surface area contributed by atoms with Gasteiger partial charge in [0.05, 0.1) is 5.54 Å². The van der Waals surface area contributed by atoms with Crippen LogP contribution in [0, 0.1) is 5.92 Å². The maximum Gasteiger partial charge on any atom is 0.268 e. The van der Waals surface area contributed by atoms with E-state index in [1.165, 1.54) is 6.42 Å². The highest BCUT2D eigenvalue weighted by Gasteiger charge is 2.71. The average Bonchev–Trinajstić information content (AvgIpc) is 2.55. The van der Waals surface area contributed by atoms with Gasteiger partial charge in [0.1, 0.15) is 0 Å². The molecule has 1 atom stereocenters. The summed E-state index contributed by atoms with van der Waals surface area (Å²) in [6.45, 7) is 0. The molecule has 0 amide bonds. The maximum absolute atomic E-state index is 12.8. The molecule has 2 aliphatic rings. The zero-order valence-corrected chi connectivity index (χ0v) is 7.15. The number of hydrogen-bond donors (Lipinski definition) is 1. The first-order valence-electron chi connectivity index (χ1n) is 4.73. The molecule has 0 radical (unpaired) electrons. The molecule has 0 aliphatic heterocycles. The normalized spacial score (nSPS) is 41.2. The molecule has 0 aromatic carbocycles. The summed E-state index contributed by atoms with van der Waals surface area (Å²) in [6.07, 6.45) is 5.10. The fraction of sp³-hybridized carbons (Fsp3) is 1.00. The molecule has 2 N–H and O–H groups in total. The third-order valence-electron chi connectivity index (χ3n) is 3.40. The second-order valence-electron chi connectivity index (χ2n) is 4.26. The Labute approximate surface area is 71.3 Å². The van der Waals surface area contributed by atoms with E-state index < -0.39 is 11.5 Å². The first-order valence-corrected chi connectivity index (χ1v) is 4.73. The van der Waals surface area contributed by atoms with E-state index in [1.807, 2.05) is 0 Å². The fourth-order valence-electron chi connectivity index (χ4n) is 2.38. The summed E-state index contributed by atoms with van der Waals surface area (Å²) in [7, 11) is 0. The van der Waals surface area contributed by atoms with Crippen LogP contribution in [-0.2, 0) is 0 Å². The second kappa shape index (κ2) is 2.41. The molecule has 2 rings (SSSR count). The van der Waals surface area contributed by atoms with Crippen molar-refractivity contribution in [3.8, 4) is 0 Å². The SMILES string of the molecule is NC1(C2CCCCC2)CC1(F)F. The minimum absolute atomic E-state index is 0.0787. The van der Waals surface area contributed by atoms with Crippen molar-refractivity contribution in [2.45, 2.75) is 50.0 Å². The third kappa shape index (κ3) is 1.06. The number of alkyl halides is 2. The van der Waals surface area contributed by atoms with Gasteiger partial charge in [-0.1, -0.05) is 19.3 Å². The van der Waals surface area contributed by atoms with Gasteiger partial charge >= 0.3 is 0 Å². The van der Waals surface area contributed by atoms with Crippen LogP contribution in [0.5, 0.6) is 0 Å².